The van der Waals surface area contributed by atoms with Crippen molar-refractivity contribution in [3.8, 4) is 0 Å². The van der Waals surface area contributed by atoms with Crippen LogP contribution in [-0.4, -0.2) is 548 Å². The maximum absolute atomic E-state index is 12.8. The third kappa shape index (κ3) is 93.8. The molecule has 0 spiro atoms. The fourth-order valence-electron chi connectivity index (χ4n) is 10.4. The first-order chi connectivity index (χ1) is 63.8. The smallest absolute Gasteiger partial charge is 0.245 e. The molecule has 0 aromatic rings. The molecule has 1 aliphatic rings. The molecule has 0 saturated carbocycles. The molecule has 1 heterocycles. The van der Waals surface area contributed by atoms with Crippen LogP contribution in [0.1, 0.15) is 27.7 Å². The molecule has 42 nitrogen and oxygen atoms in total. The lowest BCUT2D eigenvalue weighted by molar-refractivity contribution is -0.134. The molecule has 0 unspecified atom stereocenters. The Labute approximate surface area is 778 Å². The Morgan fingerprint density at radius 3 is 0.326 bits per heavy atom. The number of carbonyl (C=O) groups excluding carboxylic acids is 1. The van der Waals surface area contributed by atoms with Crippen molar-refractivity contribution < 1.29 is 190 Å². The molecule has 1 saturated heterocycles. The van der Waals surface area contributed by atoms with Gasteiger partial charge in [-0.1, -0.05) is 0 Å². The third-order valence-corrected chi connectivity index (χ3v) is 18.8. The van der Waals surface area contributed by atoms with Gasteiger partial charge in [-0.3, -0.25) is 4.79 Å². The average Bonchev–Trinajstić information content (AvgIpc) is 1.59. The molecule has 0 aromatic heterocycles. The van der Waals surface area contributed by atoms with Gasteiger partial charge in [0, 0.05) is 29.8 Å². The molecule has 0 aromatic carbocycles. The van der Waals surface area contributed by atoms with Crippen LogP contribution >= 0.6 is 16.1 Å². The SMILES string of the molecule is COCCOCCOCCOCCOCCOCCOCCOCCOCCOCCOCCOCCOCCOCCOCCOCCOCCOCCOCCOCCOCCOCCOCCOCCOCCOCCOCCOCCOCCOCCOCCOCCOCCOCCOCCOCCOCCOCCOCCN1C(=O)C(C)(C)N(Br)C1(C)C. The second-order valence-electron chi connectivity index (χ2n) is 28.1. The highest BCUT2D eigenvalue weighted by Gasteiger charge is 2.55. The van der Waals surface area contributed by atoms with E-state index < -0.39 is 11.2 Å². The van der Waals surface area contributed by atoms with Crippen molar-refractivity contribution in [3.05, 3.63) is 0 Å². The summed E-state index contributed by atoms with van der Waals surface area (Å²) in [6, 6.07) is 0. The van der Waals surface area contributed by atoms with E-state index in [4.69, 9.17) is 185 Å². The van der Waals surface area contributed by atoms with Crippen LogP contribution in [0.4, 0.5) is 0 Å². The van der Waals surface area contributed by atoms with Crippen LogP contribution in [0.3, 0.4) is 0 Å². The fraction of sp³-hybridized carbons (Fsp3) is 0.988. The number of ether oxygens (including phenoxy) is 39. The molecule has 0 bridgehead atoms. The number of nitrogens with zero attached hydrogens (tertiary/aromatic N) is 2. The molecular formula is C86H171BrN2O40. The van der Waals surface area contributed by atoms with Crippen LogP contribution in [-0.2, 0) is 190 Å². The largest absolute Gasteiger partial charge is 0.382 e. The van der Waals surface area contributed by atoms with Crippen LogP contribution in [0.2, 0.25) is 0 Å². The lowest BCUT2D eigenvalue weighted by Crippen LogP contribution is -2.47. The molecule has 0 aliphatic carbocycles. The van der Waals surface area contributed by atoms with E-state index in [0.717, 1.165) is 0 Å². The van der Waals surface area contributed by atoms with Gasteiger partial charge in [0.05, 0.1) is 509 Å². The lowest BCUT2D eigenvalue weighted by atomic mass is 10.1. The highest BCUT2D eigenvalue weighted by molar-refractivity contribution is 9.07. The van der Waals surface area contributed by atoms with Gasteiger partial charge in [0.15, 0.2) is 0 Å². The van der Waals surface area contributed by atoms with Crippen LogP contribution in [0, 0.1) is 0 Å². The highest BCUT2D eigenvalue weighted by atomic mass is 79.9. The summed E-state index contributed by atoms with van der Waals surface area (Å²) >= 11 is 3.56. The molecule has 43 heteroatoms. The first kappa shape index (κ1) is 125. The van der Waals surface area contributed by atoms with E-state index in [9.17, 15) is 4.79 Å². The van der Waals surface area contributed by atoms with E-state index in [2.05, 4.69) is 16.1 Å². The van der Waals surface area contributed by atoms with E-state index in [-0.39, 0.29) is 5.91 Å². The number of carbonyl (C=O) groups is 1. The summed E-state index contributed by atoms with van der Waals surface area (Å²) in [5.41, 5.74) is -1.04. The van der Waals surface area contributed by atoms with Crippen LogP contribution in [0.5, 0.6) is 0 Å². The van der Waals surface area contributed by atoms with Gasteiger partial charge >= 0.3 is 0 Å². The molecule has 1 rings (SSSR count). The minimum Gasteiger partial charge on any atom is -0.382 e. The fourth-order valence-corrected chi connectivity index (χ4v) is 10.7. The van der Waals surface area contributed by atoms with Crippen molar-refractivity contribution in [1.82, 2.24) is 8.83 Å². The average molecular weight is 1950 g/mol. The summed E-state index contributed by atoms with van der Waals surface area (Å²) in [4.78, 5) is 14.6. The Bertz CT molecular complexity index is 2060. The Hall–Kier alpha value is -1.65. The van der Waals surface area contributed by atoms with E-state index >= 15 is 0 Å². The molecule has 1 amide bonds. The molecule has 1 fully saturated rings. The summed E-state index contributed by atoms with van der Waals surface area (Å²) in [6.07, 6.45) is 0. The van der Waals surface area contributed by atoms with Gasteiger partial charge in [-0.2, -0.15) is 0 Å². The van der Waals surface area contributed by atoms with Gasteiger partial charge in [-0.15, -0.1) is 0 Å². The lowest BCUT2D eigenvalue weighted by Gasteiger charge is -2.35. The predicted molar refractivity (Wildman–Crippen MR) is 474 cm³/mol. The first-order valence-corrected chi connectivity index (χ1v) is 46.7. The maximum atomic E-state index is 12.8. The number of amides is 1. The minimum atomic E-state index is -0.606. The Kier molecular flexibility index (Phi) is 104. The second kappa shape index (κ2) is 107. The first-order valence-electron chi connectivity index (χ1n) is 46.0. The third-order valence-electron chi connectivity index (χ3n) is 17.1. The second-order valence-corrected chi connectivity index (χ2v) is 28.8. The maximum Gasteiger partial charge on any atom is 0.245 e. The van der Waals surface area contributed by atoms with E-state index in [1.807, 2.05) is 36.5 Å². The number of hydrogen-bond donors (Lipinski definition) is 0. The van der Waals surface area contributed by atoms with Crippen LogP contribution < -0.4 is 0 Å². The van der Waals surface area contributed by atoms with E-state index in [0.29, 0.717) is 515 Å². The van der Waals surface area contributed by atoms with Gasteiger partial charge in [0.1, 0.15) is 11.2 Å². The Morgan fingerprint density at radius 2 is 0.248 bits per heavy atom. The van der Waals surface area contributed by atoms with Crippen molar-refractivity contribution in [2.24, 2.45) is 0 Å². The Balaban J connectivity index is 1.59. The summed E-state index contributed by atoms with van der Waals surface area (Å²) in [5.74, 6) is 0.0691. The molecule has 129 heavy (non-hydrogen) atoms. The highest BCUT2D eigenvalue weighted by Crippen LogP contribution is 2.40. The zero-order valence-corrected chi connectivity index (χ0v) is 80.8. The van der Waals surface area contributed by atoms with Crippen molar-refractivity contribution in [3.63, 3.8) is 0 Å². The van der Waals surface area contributed by atoms with Crippen LogP contribution in [0.25, 0.3) is 0 Å². The molecule has 1 aliphatic heterocycles. The van der Waals surface area contributed by atoms with Crippen molar-refractivity contribution in [1.29, 1.82) is 0 Å². The zero-order chi connectivity index (χ0) is 92.5. The molecular weight excluding hydrogens is 1780 g/mol. The number of hydrogen-bond acceptors (Lipinski definition) is 41. The summed E-state index contributed by atoms with van der Waals surface area (Å²) in [6.45, 7) is 45.5. The van der Waals surface area contributed by atoms with Gasteiger partial charge in [0.25, 0.3) is 0 Å². The minimum absolute atomic E-state index is 0.0691. The number of methoxy groups -OCH3 is 1. The van der Waals surface area contributed by atoms with Crippen molar-refractivity contribution in [2.75, 3.05) is 522 Å². The summed E-state index contributed by atoms with van der Waals surface area (Å²) in [7, 11) is 1.64. The summed E-state index contributed by atoms with van der Waals surface area (Å²) < 4.78 is 217. The topological polar surface area (TPSA) is 384 Å². The van der Waals surface area contributed by atoms with Gasteiger partial charge in [0.2, 0.25) is 5.91 Å². The number of rotatable bonds is 117. The van der Waals surface area contributed by atoms with Crippen LogP contribution in [0.15, 0.2) is 0 Å². The number of halogens is 1. The van der Waals surface area contributed by atoms with Gasteiger partial charge in [-0.05, 0) is 27.7 Å². The quantitative estimate of drug-likeness (QED) is 0.0622. The predicted octanol–water partition coefficient (Wildman–Crippen LogP) is 2.23. The molecule has 0 radical (unpaired) electrons. The Morgan fingerprint density at radius 1 is 0.163 bits per heavy atom. The summed E-state index contributed by atoms with van der Waals surface area (Å²) in [5, 5.41) is 0. The van der Waals surface area contributed by atoms with Crippen molar-refractivity contribution in [2.45, 2.75) is 38.9 Å². The standard InChI is InChI=1S/C86H171BrN2O40/c1-85(2)84(90)88(86(3,4)89(85)87)6-7-92-10-11-94-14-15-96-18-19-98-22-23-100-26-27-102-30-31-104-34-35-106-38-39-108-42-43-110-46-47-112-50-51-114-54-55-116-58-59-118-62-63-120-66-67-122-70-71-124-74-75-126-78-79-128-82-83-129-81-80-127-77-76-125-73-72-123-69-68-121-65-64-119-61-60-117-57-56-115-53-52-113-49-48-111-45-44-109-41-40-107-37-36-105-33-32-103-29-28-101-25-24-99-21-20-97-17-16-95-13-12-93-9-8-91-5/h6-83H2,1-5H3. The monoisotopic (exact) mass is 1950 g/mol. The van der Waals surface area contributed by atoms with E-state index in [1.54, 1.807) is 7.11 Å². The van der Waals surface area contributed by atoms with E-state index in [1.165, 1.54) is 0 Å². The molecule has 0 atom stereocenters. The van der Waals surface area contributed by atoms with Gasteiger partial charge in [-0.25, -0.2) is 3.93 Å². The molecule has 772 valence electrons. The van der Waals surface area contributed by atoms with Gasteiger partial charge < -0.3 is 190 Å². The zero-order valence-electron chi connectivity index (χ0n) is 79.3. The normalized spacial score (nSPS) is 13.5. The molecule has 0 N–H and O–H groups in total. The van der Waals surface area contributed by atoms with Crippen molar-refractivity contribution >= 4 is 22.1 Å².